The lowest BCUT2D eigenvalue weighted by atomic mass is 10.1. The number of carbonyl (C=O) groups excluding carboxylic acids is 2. The van der Waals surface area contributed by atoms with E-state index in [4.69, 9.17) is 5.11 Å². The molecule has 1 unspecified atom stereocenters. The number of hydrogen-bond donors (Lipinski definition) is 3. The smallest absolute Gasteiger partial charge is 0.313 e. The van der Waals surface area contributed by atoms with Gasteiger partial charge in [0.2, 0.25) is 0 Å². The molecule has 2 amide bonds. The van der Waals surface area contributed by atoms with Gasteiger partial charge in [0.05, 0.1) is 0 Å². The predicted molar refractivity (Wildman–Crippen MR) is 83.1 cm³/mol. The van der Waals surface area contributed by atoms with E-state index in [9.17, 15) is 9.59 Å². The Hall–Kier alpha value is -1.88. The van der Waals surface area contributed by atoms with Crippen molar-refractivity contribution in [3.63, 3.8) is 0 Å². The molecule has 0 aliphatic rings. The molecule has 0 heterocycles. The molecule has 1 atom stereocenters. The number of carbonyl (C=O) groups is 2. The molecule has 0 aromatic heterocycles. The van der Waals surface area contributed by atoms with Crippen LogP contribution in [0.25, 0.3) is 0 Å². The van der Waals surface area contributed by atoms with Gasteiger partial charge >= 0.3 is 11.8 Å². The molecule has 116 valence electrons. The van der Waals surface area contributed by atoms with E-state index < -0.39 is 11.8 Å². The van der Waals surface area contributed by atoms with E-state index in [-0.39, 0.29) is 12.6 Å². The second-order valence-electron chi connectivity index (χ2n) is 5.19. The van der Waals surface area contributed by atoms with E-state index in [1.807, 2.05) is 32.9 Å². The van der Waals surface area contributed by atoms with Gasteiger partial charge in [-0.05, 0) is 56.4 Å². The molecule has 3 N–H and O–H groups in total. The van der Waals surface area contributed by atoms with Gasteiger partial charge in [-0.2, -0.15) is 0 Å². The lowest BCUT2D eigenvalue weighted by molar-refractivity contribution is -0.136. The van der Waals surface area contributed by atoms with Crippen LogP contribution in [0.2, 0.25) is 0 Å². The van der Waals surface area contributed by atoms with Gasteiger partial charge in [-0.25, -0.2) is 0 Å². The van der Waals surface area contributed by atoms with Crippen molar-refractivity contribution in [2.45, 2.75) is 46.1 Å². The number of hydrogen-bond acceptors (Lipinski definition) is 3. The summed E-state index contributed by atoms with van der Waals surface area (Å²) in [5, 5.41) is 14.0. The molecule has 21 heavy (non-hydrogen) atoms. The first kappa shape index (κ1) is 17.2. The van der Waals surface area contributed by atoms with Crippen molar-refractivity contribution in [3.05, 3.63) is 29.3 Å². The van der Waals surface area contributed by atoms with Gasteiger partial charge in [0.15, 0.2) is 0 Å². The molecule has 0 aliphatic heterocycles. The zero-order chi connectivity index (χ0) is 15.8. The van der Waals surface area contributed by atoms with E-state index in [1.54, 1.807) is 6.07 Å². The van der Waals surface area contributed by atoms with Crippen LogP contribution in [0.5, 0.6) is 0 Å². The van der Waals surface area contributed by atoms with Crippen LogP contribution in [-0.2, 0) is 16.0 Å². The Morgan fingerprint density at radius 3 is 2.62 bits per heavy atom. The van der Waals surface area contributed by atoms with E-state index in [2.05, 4.69) is 10.6 Å². The summed E-state index contributed by atoms with van der Waals surface area (Å²) in [6.45, 7) is 5.95. The highest BCUT2D eigenvalue weighted by atomic mass is 16.3. The Balaban J connectivity index is 2.58. The van der Waals surface area contributed by atoms with Crippen molar-refractivity contribution in [2.24, 2.45) is 0 Å². The lowest BCUT2D eigenvalue weighted by Gasteiger charge is -2.13. The van der Waals surface area contributed by atoms with Crippen LogP contribution >= 0.6 is 0 Å². The summed E-state index contributed by atoms with van der Waals surface area (Å²) in [5.74, 6) is -1.32. The lowest BCUT2D eigenvalue weighted by Crippen LogP contribution is -2.40. The van der Waals surface area contributed by atoms with E-state index in [1.165, 1.54) is 0 Å². The van der Waals surface area contributed by atoms with E-state index >= 15 is 0 Å². The fraction of sp³-hybridized carbons (Fsp3) is 0.500. The first-order chi connectivity index (χ1) is 9.97. The summed E-state index contributed by atoms with van der Waals surface area (Å²) in [7, 11) is 0. The van der Waals surface area contributed by atoms with Gasteiger partial charge in [0.1, 0.15) is 0 Å². The first-order valence-corrected chi connectivity index (χ1v) is 7.30. The van der Waals surface area contributed by atoms with Gasteiger partial charge in [-0.15, -0.1) is 0 Å². The average Bonchev–Trinajstić information content (AvgIpc) is 2.46. The highest BCUT2D eigenvalue weighted by Gasteiger charge is 2.16. The highest BCUT2D eigenvalue weighted by molar-refractivity contribution is 6.39. The molecule has 0 bridgehead atoms. The fourth-order valence-corrected chi connectivity index (χ4v) is 2.08. The molecule has 1 aromatic carbocycles. The molecule has 0 aliphatic carbocycles. The number of anilines is 1. The Kier molecular flexibility index (Phi) is 6.88. The Morgan fingerprint density at radius 2 is 2.00 bits per heavy atom. The van der Waals surface area contributed by atoms with E-state index in [0.29, 0.717) is 18.5 Å². The fourth-order valence-electron chi connectivity index (χ4n) is 2.08. The molecule has 0 fully saturated rings. The zero-order valence-corrected chi connectivity index (χ0v) is 12.9. The second kappa shape index (κ2) is 8.42. The number of aliphatic hydroxyl groups excluding tert-OH is 1. The minimum atomic E-state index is -0.670. The molecule has 0 radical (unpaired) electrons. The summed E-state index contributed by atoms with van der Waals surface area (Å²) in [5.41, 5.74) is 2.93. The Labute approximate surface area is 125 Å². The van der Waals surface area contributed by atoms with Crippen molar-refractivity contribution in [1.29, 1.82) is 0 Å². The number of aliphatic hydroxyl groups is 1. The molecular weight excluding hydrogens is 268 g/mol. The minimum absolute atomic E-state index is 0.0789. The molecule has 5 heteroatoms. The Morgan fingerprint density at radius 1 is 1.29 bits per heavy atom. The molecule has 0 saturated heterocycles. The number of benzene rings is 1. The number of nitrogens with one attached hydrogen (secondary N) is 2. The first-order valence-electron chi connectivity index (χ1n) is 7.30. The van der Waals surface area contributed by atoms with Gasteiger partial charge in [0.25, 0.3) is 0 Å². The SMILES string of the molecule is CCc1cc(NC(=O)C(=O)NC(C)CCCO)ccc1C. The number of amides is 2. The van der Waals surface area contributed by atoms with Crippen molar-refractivity contribution in [2.75, 3.05) is 11.9 Å². The predicted octanol–water partition coefficient (Wildman–Crippen LogP) is 1.77. The summed E-state index contributed by atoms with van der Waals surface area (Å²) in [4.78, 5) is 23.6. The quantitative estimate of drug-likeness (QED) is 0.699. The van der Waals surface area contributed by atoms with Gasteiger partial charge in [-0.1, -0.05) is 13.0 Å². The van der Waals surface area contributed by atoms with Gasteiger partial charge in [0, 0.05) is 18.3 Å². The summed E-state index contributed by atoms with van der Waals surface area (Å²) < 4.78 is 0. The van der Waals surface area contributed by atoms with Crippen LogP contribution in [0, 0.1) is 6.92 Å². The van der Waals surface area contributed by atoms with Crippen molar-refractivity contribution in [3.8, 4) is 0 Å². The summed E-state index contributed by atoms with van der Waals surface area (Å²) in [6, 6.07) is 5.46. The second-order valence-corrected chi connectivity index (χ2v) is 5.19. The van der Waals surface area contributed by atoms with Gasteiger partial charge < -0.3 is 15.7 Å². The zero-order valence-electron chi connectivity index (χ0n) is 12.9. The largest absolute Gasteiger partial charge is 0.396 e. The van der Waals surface area contributed by atoms with Crippen LogP contribution in [0.1, 0.15) is 37.8 Å². The van der Waals surface area contributed by atoms with Crippen LogP contribution in [0.4, 0.5) is 5.69 Å². The maximum absolute atomic E-state index is 11.8. The van der Waals surface area contributed by atoms with E-state index in [0.717, 1.165) is 17.5 Å². The molecule has 0 saturated carbocycles. The van der Waals surface area contributed by atoms with Crippen molar-refractivity contribution >= 4 is 17.5 Å². The monoisotopic (exact) mass is 292 g/mol. The van der Waals surface area contributed by atoms with Gasteiger partial charge in [-0.3, -0.25) is 9.59 Å². The summed E-state index contributed by atoms with van der Waals surface area (Å²) >= 11 is 0. The van der Waals surface area contributed by atoms with Crippen LogP contribution in [0.3, 0.4) is 0 Å². The Bertz CT molecular complexity index is 500. The average molecular weight is 292 g/mol. The molecule has 1 aromatic rings. The highest BCUT2D eigenvalue weighted by Crippen LogP contribution is 2.15. The normalized spacial score (nSPS) is 11.8. The molecule has 5 nitrogen and oxygen atoms in total. The van der Waals surface area contributed by atoms with Crippen LogP contribution in [0.15, 0.2) is 18.2 Å². The maximum Gasteiger partial charge on any atom is 0.313 e. The molecule has 0 spiro atoms. The standard InChI is InChI=1S/C16H24N2O3/c1-4-13-10-14(8-7-11(13)2)18-16(21)15(20)17-12(3)6-5-9-19/h7-8,10,12,19H,4-6,9H2,1-3H3,(H,17,20)(H,18,21). The maximum atomic E-state index is 11.8. The van der Waals surface area contributed by atoms with Crippen molar-refractivity contribution < 1.29 is 14.7 Å². The topological polar surface area (TPSA) is 78.4 Å². The molecular formula is C16H24N2O3. The summed E-state index contributed by atoms with van der Waals surface area (Å²) in [6.07, 6.45) is 2.11. The third-order valence-corrected chi connectivity index (χ3v) is 3.37. The third-order valence-electron chi connectivity index (χ3n) is 3.37. The molecule has 1 rings (SSSR count). The number of aryl methyl sites for hydroxylation is 2. The van der Waals surface area contributed by atoms with Crippen LogP contribution in [-0.4, -0.2) is 29.6 Å². The minimum Gasteiger partial charge on any atom is -0.396 e. The van der Waals surface area contributed by atoms with Crippen molar-refractivity contribution in [1.82, 2.24) is 5.32 Å². The number of rotatable bonds is 6. The van der Waals surface area contributed by atoms with Crippen LogP contribution < -0.4 is 10.6 Å². The third kappa shape index (κ3) is 5.55.